The van der Waals surface area contributed by atoms with Gasteiger partial charge in [-0.05, 0) is 24.1 Å². The van der Waals surface area contributed by atoms with Gasteiger partial charge in [0.25, 0.3) is 0 Å². The first-order valence-corrected chi connectivity index (χ1v) is 5.96. The minimum atomic E-state index is -0.0185. The van der Waals surface area contributed by atoms with Gasteiger partial charge in [0.05, 0.1) is 12.8 Å². The Morgan fingerprint density at radius 3 is 2.65 bits per heavy atom. The number of anilines is 1. The molecule has 0 saturated carbocycles. The summed E-state index contributed by atoms with van der Waals surface area (Å²) in [4.78, 5) is 2.09. The van der Waals surface area contributed by atoms with E-state index in [0.717, 1.165) is 24.4 Å². The van der Waals surface area contributed by atoms with E-state index in [1.165, 1.54) is 5.56 Å². The predicted octanol–water partition coefficient (Wildman–Crippen LogP) is 0.980. The molecule has 0 aromatic heterocycles. The molecule has 1 unspecified atom stereocenters. The average molecular weight is 237 g/mol. The van der Waals surface area contributed by atoms with Crippen LogP contribution in [0.4, 0.5) is 5.69 Å². The van der Waals surface area contributed by atoms with Gasteiger partial charge in [-0.1, -0.05) is 13.0 Å². The number of nitrogens with two attached hydrogens (primary N) is 2. The number of benzene rings is 1. The van der Waals surface area contributed by atoms with E-state index < -0.39 is 0 Å². The lowest BCUT2D eigenvalue weighted by atomic mass is 10.1. The summed E-state index contributed by atoms with van der Waals surface area (Å²) in [5.41, 5.74) is 13.8. The maximum Gasteiger partial charge on any atom is 0.142 e. The highest BCUT2D eigenvalue weighted by Gasteiger charge is 2.11. The predicted molar refractivity (Wildman–Crippen MR) is 72.7 cm³/mol. The highest BCUT2D eigenvalue weighted by molar-refractivity contribution is 5.59. The Kier molecular flexibility index (Phi) is 5.25. The summed E-state index contributed by atoms with van der Waals surface area (Å²) in [6, 6.07) is 6.20. The van der Waals surface area contributed by atoms with Gasteiger partial charge in [-0.25, -0.2) is 0 Å². The van der Waals surface area contributed by atoms with Crippen LogP contribution in [0.1, 0.15) is 12.5 Å². The number of ether oxygens (including phenoxy) is 1. The maximum absolute atomic E-state index is 5.87. The molecule has 0 aliphatic carbocycles. The molecule has 1 aromatic carbocycles. The molecule has 0 radical (unpaired) electrons. The molecule has 0 heterocycles. The number of likely N-dealkylation sites (N-methyl/N-ethyl adjacent to an activating group) is 1. The first-order valence-electron chi connectivity index (χ1n) is 5.96. The van der Waals surface area contributed by atoms with Crippen molar-refractivity contribution in [3.05, 3.63) is 23.8 Å². The smallest absolute Gasteiger partial charge is 0.142 e. The molecule has 0 spiro atoms. The molecule has 1 aromatic rings. The van der Waals surface area contributed by atoms with Crippen molar-refractivity contribution >= 4 is 5.69 Å². The van der Waals surface area contributed by atoms with Gasteiger partial charge in [-0.2, -0.15) is 0 Å². The van der Waals surface area contributed by atoms with Crippen molar-refractivity contribution in [2.24, 2.45) is 11.5 Å². The molecule has 1 rings (SSSR count). The summed E-state index contributed by atoms with van der Waals surface area (Å²) in [5, 5.41) is 0. The van der Waals surface area contributed by atoms with Crippen LogP contribution in [0.5, 0.6) is 5.75 Å². The van der Waals surface area contributed by atoms with E-state index in [0.29, 0.717) is 6.54 Å². The molecule has 0 aliphatic heterocycles. The van der Waals surface area contributed by atoms with Crippen LogP contribution in [0.25, 0.3) is 0 Å². The van der Waals surface area contributed by atoms with Gasteiger partial charge >= 0.3 is 0 Å². The summed E-state index contributed by atoms with van der Waals surface area (Å²) >= 11 is 0. The SMILES string of the molecule is CCc1ccc(OC)c(N(C)CC(N)CN)c1. The van der Waals surface area contributed by atoms with Crippen molar-refractivity contribution in [2.45, 2.75) is 19.4 Å². The summed E-state index contributed by atoms with van der Waals surface area (Å²) in [6.07, 6.45) is 1.01. The van der Waals surface area contributed by atoms with Gasteiger partial charge in [0.15, 0.2) is 0 Å². The van der Waals surface area contributed by atoms with Crippen molar-refractivity contribution in [1.82, 2.24) is 0 Å². The number of nitrogens with zero attached hydrogens (tertiary/aromatic N) is 1. The topological polar surface area (TPSA) is 64.5 Å². The third kappa shape index (κ3) is 3.61. The minimum absolute atomic E-state index is 0.0185. The fourth-order valence-electron chi connectivity index (χ4n) is 1.78. The Morgan fingerprint density at radius 1 is 1.41 bits per heavy atom. The van der Waals surface area contributed by atoms with Crippen molar-refractivity contribution < 1.29 is 4.74 Å². The van der Waals surface area contributed by atoms with E-state index in [2.05, 4.69) is 24.0 Å². The number of hydrogen-bond acceptors (Lipinski definition) is 4. The van der Waals surface area contributed by atoms with Crippen LogP contribution in [-0.2, 0) is 6.42 Å². The van der Waals surface area contributed by atoms with Gasteiger partial charge in [-0.15, -0.1) is 0 Å². The first kappa shape index (κ1) is 13.8. The van der Waals surface area contributed by atoms with E-state index >= 15 is 0 Å². The van der Waals surface area contributed by atoms with Gasteiger partial charge < -0.3 is 21.1 Å². The molecule has 4 heteroatoms. The number of aryl methyl sites for hydroxylation is 1. The lowest BCUT2D eigenvalue weighted by Crippen LogP contribution is -2.40. The second-order valence-corrected chi connectivity index (χ2v) is 4.24. The Morgan fingerprint density at radius 2 is 2.12 bits per heavy atom. The van der Waals surface area contributed by atoms with E-state index in [1.54, 1.807) is 7.11 Å². The molecular weight excluding hydrogens is 214 g/mol. The second kappa shape index (κ2) is 6.47. The molecule has 0 fully saturated rings. The van der Waals surface area contributed by atoms with Crippen molar-refractivity contribution in [3.8, 4) is 5.75 Å². The average Bonchev–Trinajstić information content (AvgIpc) is 2.37. The van der Waals surface area contributed by atoms with E-state index in [1.807, 2.05) is 13.1 Å². The van der Waals surface area contributed by atoms with Gasteiger partial charge in [0.1, 0.15) is 5.75 Å². The lowest BCUT2D eigenvalue weighted by molar-refractivity contribution is 0.414. The van der Waals surface area contributed by atoms with Gasteiger partial charge in [0.2, 0.25) is 0 Å². The van der Waals surface area contributed by atoms with Crippen molar-refractivity contribution in [3.63, 3.8) is 0 Å². The molecule has 96 valence electrons. The molecule has 1 atom stereocenters. The maximum atomic E-state index is 5.87. The molecule has 17 heavy (non-hydrogen) atoms. The molecule has 0 bridgehead atoms. The van der Waals surface area contributed by atoms with Crippen LogP contribution >= 0.6 is 0 Å². The highest BCUT2D eigenvalue weighted by Crippen LogP contribution is 2.28. The Bertz CT molecular complexity index is 355. The Balaban J connectivity index is 2.92. The van der Waals surface area contributed by atoms with E-state index in [9.17, 15) is 0 Å². The number of rotatable bonds is 6. The molecular formula is C13H23N3O. The van der Waals surface area contributed by atoms with Crippen LogP contribution < -0.4 is 21.1 Å². The van der Waals surface area contributed by atoms with Gasteiger partial charge in [0, 0.05) is 26.2 Å². The van der Waals surface area contributed by atoms with E-state index in [4.69, 9.17) is 16.2 Å². The fraction of sp³-hybridized carbons (Fsp3) is 0.538. The first-order chi connectivity index (χ1) is 8.12. The molecule has 0 saturated heterocycles. The van der Waals surface area contributed by atoms with Crippen LogP contribution in [0.2, 0.25) is 0 Å². The van der Waals surface area contributed by atoms with Crippen LogP contribution in [0.15, 0.2) is 18.2 Å². The molecule has 4 N–H and O–H groups in total. The number of hydrogen-bond donors (Lipinski definition) is 2. The Labute approximate surface area is 104 Å². The zero-order valence-corrected chi connectivity index (χ0v) is 10.9. The largest absolute Gasteiger partial charge is 0.495 e. The van der Waals surface area contributed by atoms with E-state index in [-0.39, 0.29) is 6.04 Å². The zero-order valence-electron chi connectivity index (χ0n) is 10.9. The number of methoxy groups -OCH3 is 1. The summed E-state index contributed by atoms with van der Waals surface area (Å²) < 4.78 is 5.37. The second-order valence-electron chi connectivity index (χ2n) is 4.24. The summed E-state index contributed by atoms with van der Waals surface area (Å²) in [7, 11) is 3.69. The van der Waals surface area contributed by atoms with Crippen LogP contribution in [0.3, 0.4) is 0 Å². The normalized spacial score (nSPS) is 12.3. The van der Waals surface area contributed by atoms with Crippen LogP contribution in [0, 0.1) is 0 Å². The minimum Gasteiger partial charge on any atom is -0.495 e. The zero-order chi connectivity index (χ0) is 12.8. The van der Waals surface area contributed by atoms with Crippen LogP contribution in [-0.4, -0.2) is 33.3 Å². The lowest BCUT2D eigenvalue weighted by Gasteiger charge is -2.25. The third-order valence-corrected chi connectivity index (χ3v) is 2.87. The summed E-state index contributed by atoms with van der Waals surface area (Å²) in [5.74, 6) is 0.869. The Hall–Kier alpha value is -1.26. The fourth-order valence-corrected chi connectivity index (χ4v) is 1.78. The quantitative estimate of drug-likeness (QED) is 0.774. The molecule has 0 amide bonds. The molecule has 4 nitrogen and oxygen atoms in total. The monoisotopic (exact) mass is 237 g/mol. The van der Waals surface area contributed by atoms with Gasteiger partial charge in [-0.3, -0.25) is 0 Å². The summed E-state index contributed by atoms with van der Waals surface area (Å²) in [6.45, 7) is 3.34. The standard InChI is InChI=1S/C13H23N3O/c1-4-10-5-6-13(17-3)12(7-10)16(2)9-11(15)8-14/h5-7,11H,4,8-9,14-15H2,1-3H3. The van der Waals surface area contributed by atoms with Crippen molar-refractivity contribution in [1.29, 1.82) is 0 Å². The molecule has 0 aliphatic rings. The van der Waals surface area contributed by atoms with Crippen molar-refractivity contribution in [2.75, 3.05) is 32.1 Å². The third-order valence-electron chi connectivity index (χ3n) is 2.87. The highest BCUT2D eigenvalue weighted by atomic mass is 16.5.